The molecule has 1 N–H and O–H groups in total. The van der Waals surface area contributed by atoms with Gasteiger partial charge < -0.3 is 10.2 Å². The van der Waals surface area contributed by atoms with Gasteiger partial charge in [-0.25, -0.2) is 9.97 Å². The molecule has 1 aliphatic heterocycles. The molecule has 1 aromatic rings. The van der Waals surface area contributed by atoms with E-state index in [9.17, 15) is 4.79 Å². The number of rotatable bonds is 5. The van der Waals surface area contributed by atoms with Crippen molar-refractivity contribution in [3.05, 3.63) is 11.8 Å². The first-order chi connectivity index (χ1) is 10.9. The van der Waals surface area contributed by atoms with Gasteiger partial charge in [-0.2, -0.15) is 0 Å². The van der Waals surface area contributed by atoms with E-state index in [0.717, 1.165) is 42.8 Å². The molecule has 1 amide bonds. The predicted octanol–water partition coefficient (Wildman–Crippen LogP) is 1.54. The maximum Gasteiger partial charge on any atom is 0.237 e. The highest BCUT2D eigenvalue weighted by atomic mass is 32.2. The second-order valence-corrected chi connectivity index (χ2v) is 6.99. The number of amides is 1. The van der Waals surface area contributed by atoms with E-state index in [0.29, 0.717) is 0 Å². The normalized spacial score (nSPS) is 17.4. The van der Waals surface area contributed by atoms with E-state index in [1.165, 1.54) is 0 Å². The SMILES string of the molecule is CSc1nc(C)cc(N2CCN(C(C)C(=O)NC(C)C)CC2)n1. The van der Waals surface area contributed by atoms with Crippen molar-refractivity contribution >= 4 is 23.5 Å². The van der Waals surface area contributed by atoms with Crippen molar-refractivity contribution in [1.82, 2.24) is 20.2 Å². The summed E-state index contributed by atoms with van der Waals surface area (Å²) < 4.78 is 0. The van der Waals surface area contributed by atoms with Gasteiger partial charge in [0.2, 0.25) is 5.91 Å². The Balaban J connectivity index is 1.96. The second kappa shape index (κ2) is 7.97. The first-order valence-electron chi connectivity index (χ1n) is 8.09. The van der Waals surface area contributed by atoms with Crippen molar-refractivity contribution in [3.8, 4) is 0 Å². The molecule has 0 spiro atoms. The molecule has 2 heterocycles. The van der Waals surface area contributed by atoms with Crippen LogP contribution in [0, 0.1) is 6.92 Å². The molecule has 0 bridgehead atoms. The molecule has 23 heavy (non-hydrogen) atoms. The average Bonchev–Trinajstić information content (AvgIpc) is 2.53. The number of nitrogens with zero attached hydrogens (tertiary/aromatic N) is 4. The topological polar surface area (TPSA) is 61.4 Å². The Morgan fingerprint density at radius 2 is 1.87 bits per heavy atom. The summed E-state index contributed by atoms with van der Waals surface area (Å²) in [6, 6.07) is 2.12. The van der Waals surface area contributed by atoms with E-state index in [2.05, 4.69) is 25.1 Å². The van der Waals surface area contributed by atoms with Gasteiger partial charge in [0.1, 0.15) is 5.82 Å². The molecular formula is C16H27N5OS. The van der Waals surface area contributed by atoms with Crippen LogP contribution in [-0.4, -0.2) is 65.3 Å². The lowest BCUT2D eigenvalue weighted by molar-refractivity contribution is -0.126. The number of aromatic nitrogens is 2. The van der Waals surface area contributed by atoms with Crippen molar-refractivity contribution < 1.29 is 4.79 Å². The van der Waals surface area contributed by atoms with E-state index in [1.807, 2.05) is 40.0 Å². The fraction of sp³-hybridized carbons (Fsp3) is 0.688. The van der Waals surface area contributed by atoms with Crippen LogP contribution in [0.5, 0.6) is 0 Å². The summed E-state index contributed by atoms with van der Waals surface area (Å²) in [6.45, 7) is 11.4. The van der Waals surface area contributed by atoms with Crippen molar-refractivity contribution in [1.29, 1.82) is 0 Å². The van der Waals surface area contributed by atoms with E-state index in [-0.39, 0.29) is 18.0 Å². The number of anilines is 1. The van der Waals surface area contributed by atoms with Crippen LogP contribution in [0.25, 0.3) is 0 Å². The Kier molecular flexibility index (Phi) is 6.24. The molecule has 1 aromatic heterocycles. The molecule has 2 rings (SSSR count). The third kappa shape index (κ3) is 4.81. The third-order valence-electron chi connectivity index (χ3n) is 4.00. The van der Waals surface area contributed by atoms with Gasteiger partial charge in [-0.15, -0.1) is 0 Å². The van der Waals surface area contributed by atoms with Crippen LogP contribution in [0.1, 0.15) is 26.5 Å². The fourth-order valence-electron chi connectivity index (χ4n) is 2.69. The van der Waals surface area contributed by atoms with E-state index >= 15 is 0 Å². The summed E-state index contributed by atoms with van der Waals surface area (Å²) in [5.41, 5.74) is 0.992. The number of carbonyl (C=O) groups excluding carboxylic acids is 1. The minimum atomic E-state index is -0.0894. The summed E-state index contributed by atoms with van der Waals surface area (Å²) in [7, 11) is 0. The Morgan fingerprint density at radius 1 is 1.22 bits per heavy atom. The second-order valence-electron chi connectivity index (χ2n) is 6.22. The van der Waals surface area contributed by atoms with Crippen molar-refractivity contribution in [2.24, 2.45) is 0 Å². The lowest BCUT2D eigenvalue weighted by Gasteiger charge is -2.38. The highest BCUT2D eigenvalue weighted by Crippen LogP contribution is 2.19. The van der Waals surface area contributed by atoms with Gasteiger partial charge in [0, 0.05) is 44.0 Å². The highest BCUT2D eigenvalue weighted by Gasteiger charge is 2.26. The molecule has 7 heteroatoms. The Labute approximate surface area is 143 Å². The Bertz CT molecular complexity index is 543. The molecule has 1 fully saturated rings. The van der Waals surface area contributed by atoms with E-state index < -0.39 is 0 Å². The first kappa shape index (κ1) is 18.0. The Morgan fingerprint density at radius 3 is 2.43 bits per heavy atom. The van der Waals surface area contributed by atoms with Crippen LogP contribution in [0.4, 0.5) is 5.82 Å². The van der Waals surface area contributed by atoms with Crippen LogP contribution >= 0.6 is 11.8 Å². The largest absolute Gasteiger partial charge is 0.354 e. The van der Waals surface area contributed by atoms with Gasteiger partial charge in [-0.05, 0) is 34.0 Å². The molecule has 1 atom stereocenters. The highest BCUT2D eigenvalue weighted by molar-refractivity contribution is 7.98. The molecule has 1 aliphatic rings. The van der Waals surface area contributed by atoms with Crippen molar-refractivity contribution in [2.75, 3.05) is 37.3 Å². The van der Waals surface area contributed by atoms with Crippen LogP contribution in [0.15, 0.2) is 11.2 Å². The lowest BCUT2D eigenvalue weighted by Crippen LogP contribution is -2.54. The number of carbonyl (C=O) groups is 1. The lowest BCUT2D eigenvalue weighted by atomic mass is 10.2. The summed E-state index contributed by atoms with van der Waals surface area (Å²) in [4.78, 5) is 25.7. The first-order valence-corrected chi connectivity index (χ1v) is 9.32. The molecule has 0 aromatic carbocycles. The number of hydrogen-bond acceptors (Lipinski definition) is 6. The van der Waals surface area contributed by atoms with Crippen LogP contribution < -0.4 is 10.2 Å². The van der Waals surface area contributed by atoms with Crippen LogP contribution in [-0.2, 0) is 4.79 Å². The molecule has 1 unspecified atom stereocenters. The summed E-state index contributed by atoms with van der Waals surface area (Å²) in [5, 5.41) is 3.80. The summed E-state index contributed by atoms with van der Waals surface area (Å²) >= 11 is 1.56. The molecule has 0 radical (unpaired) electrons. The van der Waals surface area contributed by atoms with Gasteiger partial charge in [0.25, 0.3) is 0 Å². The van der Waals surface area contributed by atoms with Crippen LogP contribution in [0.2, 0.25) is 0 Å². The zero-order valence-corrected chi connectivity index (χ0v) is 15.5. The Hall–Kier alpha value is -1.34. The number of thioether (sulfide) groups is 1. The number of hydrogen-bond donors (Lipinski definition) is 1. The molecular weight excluding hydrogens is 310 g/mol. The zero-order valence-electron chi connectivity index (χ0n) is 14.7. The van der Waals surface area contributed by atoms with Gasteiger partial charge >= 0.3 is 0 Å². The number of aryl methyl sites for hydroxylation is 1. The quantitative estimate of drug-likeness (QED) is 0.650. The van der Waals surface area contributed by atoms with Gasteiger partial charge in [0.15, 0.2) is 5.16 Å². The smallest absolute Gasteiger partial charge is 0.237 e. The molecule has 0 aliphatic carbocycles. The monoisotopic (exact) mass is 337 g/mol. The minimum Gasteiger partial charge on any atom is -0.354 e. The van der Waals surface area contributed by atoms with Gasteiger partial charge in [-0.3, -0.25) is 9.69 Å². The zero-order chi connectivity index (χ0) is 17.0. The molecule has 0 saturated carbocycles. The van der Waals surface area contributed by atoms with E-state index in [1.54, 1.807) is 11.8 Å². The molecule has 6 nitrogen and oxygen atoms in total. The molecule has 1 saturated heterocycles. The van der Waals surface area contributed by atoms with Crippen molar-refractivity contribution in [2.45, 2.75) is 44.9 Å². The fourth-order valence-corrected chi connectivity index (χ4v) is 3.11. The van der Waals surface area contributed by atoms with Crippen molar-refractivity contribution in [3.63, 3.8) is 0 Å². The number of nitrogens with one attached hydrogen (secondary N) is 1. The minimum absolute atomic E-state index is 0.0894. The van der Waals surface area contributed by atoms with Gasteiger partial charge in [0.05, 0.1) is 6.04 Å². The maximum absolute atomic E-state index is 12.1. The number of piperazine rings is 1. The standard InChI is InChI=1S/C16H27N5OS/c1-11(2)17-15(22)13(4)20-6-8-21(9-7-20)14-10-12(3)18-16(19-14)23-5/h10-11,13H,6-9H2,1-5H3,(H,17,22). The third-order valence-corrected chi connectivity index (χ3v) is 4.55. The maximum atomic E-state index is 12.1. The summed E-state index contributed by atoms with van der Waals surface area (Å²) in [5.74, 6) is 1.09. The average molecular weight is 337 g/mol. The van der Waals surface area contributed by atoms with Gasteiger partial charge in [-0.1, -0.05) is 11.8 Å². The van der Waals surface area contributed by atoms with E-state index in [4.69, 9.17) is 0 Å². The summed E-state index contributed by atoms with van der Waals surface area (Å²) in [6.07, 6.45) is 1.99. The predicted molar refractivity (Wildman–Crippen MR) is 95.1 cm³/mol. The van der Waals surface area contributed by atoms with Crippen LogP contribution in [0.3, 0.4) is 0 Å². The molecule has 128 valence electrons.